The van der Waals surface area contributed by atoms with E-state index in [-0.39, 0.29) is 94.2 Å². The average molecular weight is 1740 g/mol. The first-order chi connectivity index (χ1) is 61.6. The molecule has 16 aromatic rings. The molecule has 0 radical (unpaired) electrons. The molecule has 15 heterocycles. The third-order valence-corrected chi connectivity index (χ3v) is 19.3. The highest BCUT2D eigenvalue weighted by atomic mass is 19.4. The van der Waals surface area contributed by atoms with Gasteiger partial charge >= 0.3 is 12.1 Å². The number of H-pyrrole nitrogens is 7. The number of aromatic nitrogens is 21. The van der Waals surface area contributed by atoms with Crippen LogP contribution in [0.3, 0.4) is 0 Å². The molecule has 0 aliphatic rings. The number of halogens is 3. The van der Waals surface area contributed by atoms with Crippen LogP contribution in [0.5, 0.6) is 0 Å². The third kappa shape index (κ3) is 19.1. The molecule has 0 spiro atoms. The number of aliphatic hydroxyl groups is 1. The summed E-state index contributed by atoms with van der Waals surface area (Å²) in [4.78, 5) is 149. The minimum absolute atomic E-state index is 0.00296. The highest BCUT2D eigenvalue weighted by Gasteiger charge is 2.37. The van der Waals surface area contributed by atoms with Crippen molar-refractivity contribution in [2.45, 2.75) is 133 Å². The van der Waals surface area contributed by atoms with E-state index in [1.807, 2.05) is 65.0 Å². The Morgan fingerprint density at radius 2 is 0.844 bits per heavy atom. The Balaban J connectivity index is 0.000000156. The number of esters is 1. The minimum Gasteiger partial charge on any atom is -0.472 e. The number of ether oxygens (including phenoxy) is 2. The number of aryl methyl sites for hydroxylation is 2. The fourth-order valence-electron chi connectivity index (χ4n) is 13.2. The number of fused-ring (bicyclic) bond motifs is 7. The van der Waals surface area contributed by atoms with Crippen LogP contribution in [0.15, 0.2) is 130 Å². The van der Waals surface area contributed by atoms with E-state index in [9.17, 15) is 51.5 Å². The van der Waals surface area contributed by atoms with Crippen LogP contribution in [0.2, 0.25) is 0 Å². The molecule has 40 nitrogen and oxygen atoms in total. The largest absolute Gasteiger partial charge is 0.472 e. The topological polar surface area (TPSA) is 451 Å². The monoisotopic (exact) mass is 1740 g/mol. The number of aliphatic hydroxyl groups excluding tert-OH is 1. The second kappa shape index (κ2) is 41.5. The number of aromatic amines is 7. The molecule has 0 aliphatic heterocycles. The van der Waals surface area contributed by atoms with Crippen LogP contribution in [0, 0.1) is 72.2 Å². The fraction of sp³-hybridized carbons (Fsp3) is 0.271. The summed E-state index contributed by atoms with van der Waals surface area (Å²) in [5.41, 5.74) is 7.66. The van der Waals surface area contributed by atoms with Crippen LogP contribution < -0.4 is 38.9 Å². The number of carbonyl (C=O) groups is 1. The lowest BCUT2D eigenvalue weighted by Gasteiger charge is -2.10. The van der Waals surface area contributed by atoms with Crippen LogP contribution in [0.4, 0.5) is 53.0 Å². The lowest BCUT2D eigenvalue weighted by molar-refractivity contribution is -0.141. The molecule has 43 heteroatoms. The summed E-state index contributed by atoms with van der Waals surface area (Å²) >= 11 is 0. The van der Waals surface area contributed by atoms with Gasteiger partial charge in [-0.2, -0.15) is 13.2 Å². The van der Waals surface area contributed by atoms with Crippen molar-refractivity contribution in [3.05, 3.63) is 323 Å². The first kappa shape index (κ1) is 92.9. The number of furan rings is 1. The highest BCUT2D eigenvalue weighted by molar-refractivity contribution is 5.90. The molecule has 0 aliphatic carbocycles. The van der Waals surface area contributed by atoms with Gasteiger partial charge in [0.25, 0.3) is 38.9 Å². The van der Waals surface area contributed by atoms with Crippen LogP contribution in [0.1, 0.15) is 138 Å². The highest BCUT2D eigenvalue weighted by Crippen LogP contribution is 2.32. The van der Waals surface area contributed by atoms with Gasteiger partial charge in [-0.1, -0.05) is 71.4 Å². The van der Waals surface area contributed by atoms with Crippen molar-refractivity contribution in [2.75, 3.05) is 19.8 Å². The zero-order valence-corrected chi connectivity index (χ0v) is 69.9. The van der Waals surface area contributed by atoms with Crippen LogP contribution in [-0.2, 0) is 73.6 Å². The zero-order valence-electron chi connectivity index (χ0n) is 69.9. The number of nitrogens with zero attached hydrogens (tertiary/aromatic N) is 21. The Morgan fingerprint density at radius 1 is 0.469 bits per heavy atom. The Labute approximate surface area is 720 Å². The summed E-state index contributed by atoms with van der Waals surface area (Å²) in [5.74, 6) is 1.79. The van der Waals surface area contributed by atoms with E-state index in [4.69, 9.17) is 71.4 Å². The molecule has 0 fully saturated rings. The second-order valence-corrected chi connectivity index (χ2v) is 26.9. The van der Waals surface area contributed by atoms with E-state index >= 15 is 0 Å². The SMILES string of the molecule is [C-]#[N+]c1c[nH]n2c(=O)c(CC#C)c(C)nc12.[C-]#[N+]c1c[nH]n2c(=O)c(CC)c(-c3ccoc3)nc12.[C-]#[N+]c1c[nH]n2c(=O)c(CC)c(C(F)(F)F)nc12.[C-]#[N+]c1c[nH]n2c(=O)c(CC)c(COCC)nc12.[C-]#[N+]c1c[nH]n2c(=O)c(CC)c(Cc3ccccc3)nc12.[C-]#[N+]c1c[nH]n2c(=O)c(CCC)c(C(=O)OCC)nc12.[C-]#[N+]c1c[nH]n2c(=O)c(CCO)c(C)nc12. The van der Waals surface area contributed by atoms with Crippen molar-refractivity contribution in [2.24, 2.45) is 0 Å². The summed E-state index contributed by atoms with van der Waals surface area (Å²) in [6.07, 6.45) is 17.4. The fourth-order valence-corrected chi connectivity index (χ4v) is 13.2. The predicted octanol–water partition coefficient (Wildman–Crippen LogP) is 12.1. The summed E-state index contributed by atoms with van der Waals surface area (Å²) in [6.45, 7) is 66.0. The van der Waals surface area contributed by atoms with Gasteiger partial charge in [-0.15, -0.1) is 12.3 Å². The molecular weight excluding hydrogens is 1660 g/mol. The van der Waals surface area contributed by atoms with Crippen LogP contribution >= 0.6 is 0 Å². The summed E-state index contributed by atoms with van der Waals surface area (Å²) in [7, 11) is 0. The van der Waals surface area contributed by atoms with Gasteiger partial charge in [-0.25, -0.2) is 105 Å². The Morgan fingerprint density at radius 3 is 1.23 bits per heavy atom. The van der Waals surface area contributed by atoms with Gasteiger partial charge < -0.3 is 54.7 Å². The van der Waals surface area contributed by atoms with Crippen molar-refractivity contribution < 1.29 is 37.0 Å². The van der Waals surface area contributed by atoms with Gasteiger partial charge in [0.15, 0.2) is 50.9 Å². The Kier molecular flexibility index (Phi) is 30.1. The maximum atomic E-state index is 12.8. The molecule has 0 saturated carbocycles. The lowest BCUT2D eigenvalue weighted by atomic mass is 10.0. The molecule has 0 atom stereocenters. The summed E-state index contributed by atoms with van der Waals surface area (Å²) in [5, 5.41) is 27.6. The molecule has 16 rings (SSSR count). The standard InChI is InChI=1S/C16H14N4O.C13H14N4O3.C13H10N4O2.C12H14N4O2.C11H8N4O.C10H7F3N4O.C10H10N4O2/c1-3-12-13(9-11-7-5-4-6-8-11)19-15-14(17-2)10-18-20(15)16(12)21;1-4-6-8-10(13(19)20-5-2)16-11-9(14-3)7-15-17(11)12(8)18;1-3-9-11(8-4-5-19-7-8)16-12-10(14-2)6-15-17(12)13(9)18;1-4-8-10(7-18-5-2)15-11-9(13-3)6-14-16(11)12(8)17;1-4-5-8-7(2)14-10-9(12-3)6-13-15(10)11(8)16;1-3-5-7(10(11,12)13)16-8-6(14-2)4-15-17(8)9(5)18;1-6-7(3-4-15)10(16)14-9(13-6)8(11-2)5-12-14/h4-8,10,18H,3,9H2,1H3;7,15H,4-6H2,1-2H3;4-7,15H,3H2,1H3;6,14H,4-5,7H2,1-2H3;1,6,13H,5H2,2H3;4,15H,3H2,1H3;5,12,15H,3-4H2,1H3. The number of hydrogen-bond acceptors (Lipinski definition) is 19. The first-order valence-electron chi connectivity index (χ1n) is 39.0. The van der Waals surface area contributed by atoms with Crippen LogP contribution in [-0.4, -0.2) is 133 Å². The van der Waals surface area contributed by atoms with Crippen molar-refractivity contribution in [1.82, 2.24) is 102 Å². The molecule has 128 heavy (non-hydrogen) atoms. The molecule has 1 aromatic carbocycles. The van der Waals surface area contributed by atoms with E-state index in [1.165, 1.54) is 77.5 Å². The van der Waals surface area contributed by atoms with Crippen molar-refractivity contribution in [3.8, 4) is 23.6 Å². The number of alkyl halides is 3. The van der Waals surface area contributed by atoms with Crippen molar-refractivity contribution >= 4 is 85.3 Å². The molecular formula is C85H77F3N28O12. The quantitative estimate of drug-likeness (QED) is 0.0238. The normalized spacial score (nSPS) is 10.7. The van der Waals surface area contributed by atoms with Gasteiger partial charge in [0.2, 0.25) is 39.8 Å². The van der Waals surface area contributed by atoms with E-state index < -0.39 is 29.0 Å². The van der Waals surface area contributed by atoms with Crippen molar-refractivity contribution in [3.63, 3.8) is 0 Å². The molecule has 650 valence electrons. The van der Waals surface area contributed by atoms with E-state index in [1.54, 1.807) is 33.1 Å². The van der Waals surface area contributed by atoms with E-state index in [0.717, 1.165) is 27.5 Å². The molecule has 0 saturated heterocycles. The van der Waals surface area contributed by atoms with Crippen LogP contribution in [0.25, 0.3) is 84.7 Å². The summed E-state index contributed by atoms with van der Waals surface area (Å²) in [6, 6.07) is 11.7. The summed E-state index contributed by atoms with van der Waals surface area (Å²) < 4.78 is 62.1. The third-order valence-electron chi connectivity index (χ3n) is 19.3. The van der Waals surface area contributed by atoms with Gasteiger partial charge in [0.1, 0.15) is 0 Å². The number of benzene rings is 1. The predicted molar refractivity (Wildman–Crippen MR) is 462 cm³/mol. The number of hydrogen-bond donors (Lipinski definition) is 8. The van der Waals surface area contributed by atoms with E-state index in [0.29, 0.717) is 165 Å². The van der Waals surface area contributed by atoms with Gasteiger partial charge in [-0.3, -0.25) is 33.6 Å². The van der Waals surface area contributed by atoms with Gasteiger partial charge in [0, 0.05) is 121 Å². The minimum atomic E-state index is -4.71. The molecule has 8 N–H and O–H groups in total. The smallest absolute Gasteiger partial charge is 0.433 e. The van der Waals surface area contributed by atoms with Crippen molar-refractivity contribution in [1.29, 1.82) is 0 Å². The maximum Gasteiger partial charge on any atom is 0.433 e. The average Bonchev–Trinajstić information content (AvgIpc) is 1.44. The van der Waals surface area contributed by atoms with Gasteiger partial charge in [0.05, 0.1) is 100.0 Å². The Hall–Kier alpha value is -17.4. The number of terminal acetylenes is 1. The molecule has 0 bridgehead atoms. The molecule has 15 aromatic heterocycles. The number of rotatable bonds is 17. The molecule has 0 amide bonds. The number of nitrogens with one attached hydrogen (secondary N) is 7. The lowest BCUT2D eigenvalue weighted by Crippen LogP contribution is -2.26. The van der Waals surface area contributed by atoms with E-state index in [2.05, 4.69) is 110 Å². The second-order valence-electron chi connectivity index (χ2n) is 26.9. The number of carbonyl (C=O) groups excluding carboxylic acids is 1. The Bertz CT molecular complexity index is 7710. The molecule has 0 unspecified atom stereocenters. The zero-order chi connectivity index (χ0) is 93.0. The first-order valence-corrected chi connectivity index (χ1v) is 39.0. The van der Waals surface area contributed by atoms with Gasteiger partial charge in [-0.05, 0) is 71.4 Å². The maximum absolute atomic E-state index is 12.8.